The van der Waals surface area contributed by atoms with Gasteiger partial charge in [-0.05, 0) is 25.7 Å². The number of hydrogen-bond donors (Lipinski definition) is 4. The van der Waals surface area contributed by atoms with Crippen molar-refractivity contribution in [2.24, 2.45) is 5.73 Å². The maximum Gasteiger partial charge on any atom is 0.188 e. The summed E-state index contributed by atoms with van der Waals surface area (Å²) in [4.78, 5) is 0. The van der Waals surface area contributed by atoms with Crippen LogP contribution in [0.2, 0.25) is 0 Å². The Morgan fingerprint density at radius 1 is 1.33 bits per heavy atom. The first-order valence-corrected chi connectivity index (χ1v) is 4.51. The summed E-state index contributed by atoms with van der Waals surface area (Å²) < 4.78 is 0. The van der Waals surface area contributed by atoms with Crippen molar-refractivity contribution in [2.75, 3.05) is 7.05 Å². The summed E-state index contributed by atoms with van der Waals surface area (Å²) in [6, 6.07) is 0.830. The molecule has 0 radical (unpaired) electrons. The third kappa shape index (κ3) is 2.70. The van der Waals surface area contributed by atoms with E-state index in [1.54, 1.807) is 7.05 Å². The fourth-order valence-corrected chi connectivity index (χ4v) is 1.54. The van der Waals surface area contributed by atoms with Crippen LogP contribution >= 0.6 is 0 Å². The van der Waals surface area contributed by atoms with Gasteiger partial charge in [-0.25, -0.2) is 0 Å². The van der Waals surface area contributed by atoms with Gasteiger partial charge in [-0.1, -0.05) is 0 Å². The van der Waals surface area contributed by atoms with Crippen molar-refractivity contribution in [2.45, 2.75) is 37.8 Å². The smallest absolute Gasteiger partial charge is 0.188 e. The topological polar surface area (TPSA) is 73.9 Å². The lowest BCUT2D eigenvalue weighted by molar-refractivity contribution is 0.371. The van der Waals surface area contributed by atoms with E-state index in [4.69, 9.17) is 11.1 Å². The Labute approximate surface area is 73.4 Å². The molecule has 4 nitrogen and oxygen atoms in total. The van der Waals surface area contributed by atoms with Gasteiger partial charge < -0.3 is 16.4 Å². The zero-order chi connectivity index (χ0) is 8.97. The number of hydrogen-bond acceptors (Lipinski definition) is 2. The minimum atomic E-state index is 0.381. The summed E-state index contributed by atoms with van der Waals surface area (Å²) >= 11 is 0. The van der Waals surface area contributed by atoms with Gasteiger partial charge in [-0.15, -0.1) is 0 Å². The van der Waals surface area contributed by atoms with Crippen LogP contribution in [0.25, 0.3) is 0 Å². The van der Waals surface area contributed by atoms with Crippen molar-refractivity contribution in [1.82, 2.24) is 10.6 Å². The van der Waals surface area contributed by atoms with E-state index in [1.807, 2.05) is 0 Å². The molecule has 70 valence electrons. The van der Waals surface area contributed by atoms with Crippen molar-refractivity contribution < 1.29 is 0 Å². The van der Waals surface area contributed by atoms with E-state index in [0.29, 0.717) is 18.0 Å². The van der Waals surface area contributed by atoms with Gasteiger partial charge in [-0.3, -0.25) is 5.41 Å². The van der Waals surface area contributed by atoms with Gasteiger partial charge in [0, 0.05) is 19.1 Å². The molecule has 0 heterocycles. The van der Waals surface area contributed by atoms with E-state index in [2.05, 4.69) is 10.6 Å². The Morgan fingerprint density at radius 3 is 2.42 bits per heavy atom. The summed E-state index contributed by atoms with van der Waals surface area (Å²) in [7, 11) is 1.75. The Balaban J connectivity index is 2.21. The highest BCUT2D eigenvalue weighted by atomic mass is 15.1. The zero-order valence-corrected chi connectivity index (χ0v) is 7.56. The molecule has 0 atom stereocenters. The molecule has 1 aliphatic carbocycles. The van der Waals surface area contributed by atoms with Crippen LogP contribution in [0.4, 0.5) is 0 Å². The summed E-state index contributed by atoms with van der Waals surface area (Å²) in [6.07, 6.45) is 4.33. The van der Waals surface area contributed by atoms with E-state index in [-0.39, 0.29) is 0 Å². The van der Waals surface area contributed by atoms with Gasteiger partial charge >= 0.3 is 0 Å². The Kier molecular flexibility index (Phi) is 3.34. The lowest BCUT2D eigenvalue weighted by Crippen LogP contribution is -2.44. The highest BCUT2D eigenvalue weighted by Gasteiger charge is 2.18. The first-order chi connectivity index (χ1) is 5.72. The number of nitrogens with two attached hydrogens (primary N) is 1. The van der Waals surface area contributed by atoms with Crippen LogP contribution in [0.5, 0.6) is 0 Å². The van der Waals surface area contributed by atoms with Crippen LogP contribution in [0, 0.1) is 5.41 Å². The molecular weight excluding hydrogens is 152 g/mol. The van der Waals surface area contributed by atoms with Gasteiger partial charge in [0.25, 0.3) is 0 Å². The lowest BCUT2D eigenvalue weighted by atomic mass is 9.92. The normalized spacial score (nSPS) is 29.5. The van der Waals surface area contributed by atoms with Crippen LogP contribution < -0.4 is 16.4 Å². The first-order valence-electron chi connectivity index (χ1n) is 4.51. The number of rotatable bonds is 1. The van der Waals surface area contributed by atoms with Gasteiger partial charge in [-0.2, -0.15) is 0 Å². The average Bonchev–Trinajstić information content (AvgIpc) is 2.09. The van der Waals surface area contributed by atoms with Crippen LogP contribution in [0.3, 0.4) is 0 Å². The second-order valence-corrected chi connectivity index (χ2v) is 3.38. The number of guanidine groups is 1. The number of nitrogens with one attached hydrogen (secondary N) is 3. The molecule has 0 unspecified atom stereocenters. The maximum atomic E-state index is 7.37. The maximum absolute atomic E-state index is 7.37. The van der Waals surface area contributed by atoms with Crippen LogP contribution in [-0.4, -0.2) is 25.1 Å². The molecule has 0 aromatic carbocycles. The Morgan fingerprint density at radius 2 is 1.92 bits per heavy atom. The largest absolute Gasteiger partial charge is 0.360 e. The molecule has 0 spiro atoms. The van der Waals surface area contributed by atoms with Crippen molar-refractivity contribution in [3.63, 3.8) is 0 Å². The van der Waals surface area contributed by atoms with Gasteiger partial charge in [0.1, 0.15) is 0 Å². The lowest BCUT2D eigenvalue weighted by Gasteiger charge is -2.27. The van der Waals surface area contributed by atoms with E-state index >= 15 is 0 Å². The standard InChI is InChI=1S/C8H18N4/c1-11-8(10)12-7-4-2-6(9)3-5-7/h6-7H,2-5,9H2,1H3,(H3,10,11,12)/t6-,7-. The zero-order valence-electron chi connectivity index (χ0n) is 7.56. The molecular formula is C8H18N4. The minimum absolute atomic E-state index is 0.381. The summed E-state index contributed by atoms with van der Waals surface area (Å²) in [5.74, 6) is 0.412. The molecule has 1 aliphatic rings. The Bertz CT molecular complexity index is 149. The van der Waals surface area contributed by atoms with Crippen LogP contribution in [0.15, 0.2) is 0 Å². The van der Waals surface area contributed by atoms with Crippen molar-refractivity contribution in [3.8, 4) is 0 Å². The highest BCUT2D eigenvalue weighted by Crippen LogP contribution is 2.16. The van der Waals surface area contributed by atoms with E-state index in [9.17, 15) is 0 Å². The second kappa shape index (κ2) is 4.30. The van der Waals surface area contributed by atoms with Gasteiger partial charge in [0.15, 0.2) is 5.96 Å². The fraction of sp³-hybridized carbons (Fsp3) is 0.875. The highest BCUT2D eigenvalue weighted by molar-refractivity contribution is 5.76. The summed E-state index contributed by atoms with van der Waals surface area (Å²) in [5, 5.41) is 13.2. The first kappa shape index (κ1) is 9.32. The average molecular weight is 170 g/mol. The van der Waals surface area contributed by atoms with Gasteiger partial charge in [0.05, 0.1) is 0 Å². The predicted molar refractivity (Wildman–Crippen MR) is 50.2 cm³/mol. The second-order valence-electron chi connectivity index (χ2n) is 3.38. The molecule has 5 N–H and O–H groups in total. The van der Waals surface area contributed by atoms with Crippen molar-refractivity contribution in [3.05, 3.63) is 0 Å². The molecule has 0 amide bonds. The summed E-state index contributed by atoms with van der Waals surface area (Å²) in [5.41, 5.74) is 5.76. The summed E-state index contributed by atoms with van der Waals surface area (Å²) in [6.45, 7) is 0. The molecule has 0 bridgehead atoms. The minimum Gasteiger partial charge on any atom is -0.360 e. The van der Waals surface area contributed by atoms with Gasteiger partial charge in [0.2, 0.25) is 0 Å². The van der Waals surface area contributed by atoms with E-state index in [1.165, 1.54) is 0 Å². The van der Waals surface area contributed by atoms with Crippen molar-refractivity contribution in [1.29, 1.82) is 5.41 Å². The van der Waals surface area contributed by atoms with Crippen LogP contribution in [-0.2, 0) is 0 Å². The van der Waals surface area contributed by atoms with Crippen molar-refractivity contribution >= 4 is 5.96 Å². The monoisotopic (exact) mass is 170 g/mol. The third-order valence-corrected chi connectivity index (χ3v) is 2.37. The Hall–Kier alpha value is -0.770. The molecule has 1 fully saturated rings. The molecule has 12 heavy (non-hydrogen) atoms. The SMILES string of the molecule is CNC(=N)N[C@H]1CC[C@H](N)CC1. The van der Waals surface area contributed by atoms with E-state index in [0.717, 1.165) is 25.7 Å². The predicted octanol–water partition coefficient (Wildman–Crippen LogP) is 0.0000700. The molecule has 1 saturated carbocycles. The third-order valence-electron chi connectivity index (χ3n) is 2.37. The molecule has 0 aliphatic heterocycles. The molecule has 4 heteroatoms. The molecule has 1 rings (SSSR count). The van der Waals surface area contributed by atoms with E-state index < -0.39 is 0 Å². The fourth-order valence-electron chi connectivity index (χ4n) is 1.54. The quantitative estimate of drug-likeness (QED) is 0.330. The molecule has 0 saturated heterocycles. The molecule has 0 aromatic rings. The molecule has 0 aromatic heterocycles. The van der Waals surface area contributed by atoms with Crippen LogP contribution in [0.1, 0.15) is 25.7 Å².